The van der Waals surface area contributed by atoms with E-state index in [1.54, 1.807) is 24.9 Å². The predicted octanol–water partition coefficient (Wildman–Crippen LogP) is 0.174. The lowest BCUT2D eigenvalue weighted by atomic mass is 10.4. The Balaban J connectivity index is 3.60. The van der Waals surface area contributed by atoms with Gasteiger partial charge in [0, 0.05) is 26.2 Å². The molecular weight excluding hydrogens is 208 g/mol. The second-order valence-corrected chi connectivity index (χ2v) is 3.19. The molecule has 0 aliphatic carbocycles. The van der Waals surface area contributed by atoms with Crippen molar-refractivity contribution in [1.29, 1.82) is 0 Å². The molecule has 0 aliphatic rings. The van der Waals surface area contributed by atoms with Crippen molar-refractivity contribution in [3.8, 4) is 0 Å². The van der Waals surface area contributed by atoms with Crippen molar-refractivity contribution in [2.75, 3.05) is 33.3 Å². The fourth-order valence-electron chi connectivity index (χ4n) is 0.919. The number of likely N-dealkylation sites (N-methyl/N-ethyl adjacent to an activating group) is 1. The molecule has 92 valence electrons. The van der Waals surface area contributed by atoms with Gasteiger partial charge in [0.2, 0.25) is 5.91 Å². The van der Waals surface area contributed by atoms with Crippen LogP contribution in [0.25, 0.3) is 0 Å². The lowest BCUT2D eigenvalue weighted by molar-refractivity contribution is -0.137. The number of hydrogen-bond donors (Lipinski definition) is 1. The zero-order valence-corrected chi connectivity index (χ0v) is 10.2. The largest absolute Gasteiger partial charge is 0.463 e. The molecule has 0 fully saturated rings. The molecule has 0 saturated heterocycles. The Morgan fingerprint density at radius 3 is 2.62 bits per heavy atom. The summed E-state index contributed by atoms with van der Waals surface area (Å²) in [7, 11) is 1.75. The first-order chi connectivity index (χ1) is 7.61. The number of hydrogen-bond acceptors (Lipinski definition) is 4. The standard InChI is InChI=1S/C11H20N2O3/c1-4-13(3)10(14)9-12-8-6-7-11(15)16-5-2/h6-7,12H,4-5,8-9H2,1-3H3/b7-6+. The zero-order valence-electron chi connectivity index (χ0n) is 10.2. The fourth-order valence-corrected chi connectivity index (χ4v) is 0.919. The smallest absolute Gasteiger partial charge is 0.330 e. The van der Waals surface area contributed by atoms with Crippen LogP contribution < -0.4 is 5.32 Å². The average molecular weight is 228 g/mol. The highest BCUT2D eigenvalue weighted by molar-refractivity contribution is 5.82. The molecule has 0 unspecified atom stereocenters. The van der Waals surface area contributed by atoms with Gasteiger partial charge in [-0.25, -0.2) is 4.79 Å². The van der Waals surface area contributed by atoms with Crippen LogP contribution in [0.3, 0.4) is 0 Å². The lowest BCUT2D eigenvalue weighted by Gasteiger charge is -2.13. The van der Waals surface area contributed by atoms with Gasteiger partial charge >= 0.3 is 5.97 Å². The summed E-state index contributed by atoms with van der Waals surface area (Å²) in [4.78, 5) is 23.8. The van der Waals surface area contributed by atoms with E-state index < -0.39 is 0 Å². The Kier molecular flexibility index (Phi) is 8.15. The maximum Gasteiger partial charge on any atom is 0.330 e. The van der Waals surface area contributed by atoms with Gasteiger partial charge in [-0.3, -0.25) is 4.79 Å². The summed E-state index contributed by atoms with van der Waals surface area (Å²) in [5.41, 5.74) is 0. The SMILES string of the molecule is CCOC(=O)/C=C/CNCC(=O)N(C)CC. The van der Waals surface area contributed by atoms with Gasteiger partial charge in [-0.2, -0.15) is 0 Å². The Hall–Kier alpha value is -1.36. The van der Waals surface area contributed by atoms with E-state index in [-0.39, 0.29) is 18.4 Å². The molecule has 0 heterocycles. The van der Waals surface area contributed by atoms with Crippen molar-refractivity contribution < 1.29 is 14.3 Å². The first kappa shape index (κ1) is 14.6. The van der Waals surface area contributed by atoms with E-state index in [0.29, 0.717) is 19.7 Å². The number of nitrogens with one attached hydrogen (secondary N) is 1. The van der Waals surface area contributed by atoms with Crippen LogP contribution in [-0.2, 0) is 14.3 Å². The highest BCUT2D eigenvalue weighted by Gasteiger charge is 2.03. The molecule has 0 rings (SSSR count). The minimum absolute atomic E-state index is 0.0343. The van der Waals surface area contributed by atoms with E-state index in [1.807, 2.05) is 6.92 Å². The van der Waals surface area contributed by atoms with Gasteiger partial charge < -0.3 is 15.0 Å². The molecule has 0 saturated carbocycles. The highest BCUT2D eigenvalue weighted by Crippen LogP contribution is 1.83. The van der Waals surface area contributed by atoms with Crippen LogP contribution in [0.4, 0.5) is 0 Å². The molecule has 0 radical (unpaired) electrons. The van der Waals surface area contributed by atoms with E-state index in [1.165, 1.54) is 6.08 Å². The molecule has 0 aromatic carbocycles. The lowest BCUT2D eigenvalue weighted by Crippen LogP contribution is -2.35. The van der Waals surface area contributed by atoms with Gasteiger partial charge in [-0.05, 0) is 13.8 Å². The second kappa shape index (κ2) is 8.91. The quantitative estimate of drug-likeness (QED) is 0.383. The van der Waals surface area contributed by atoms with Crippen molar-refractivity contribution in [3.63, 3.8) is 0 Å². The predicted molar refractivity (Wildman–Crippen MR) is 62.0 cm³/mol. The van der Waals surface area contributed by atoms with Crippen LogP contribution in [0.5, 0.6) is 0 Å². The van der Waals surface area contributed by atoms with Crippen LogP contribution in [0.2, 0.25) is 0 Å². The maximum atomic E-state index is 11.3. The average Bonchev–Trinajstić information content (AvgIpc) is 2.27. The Bertz CT molecular complexity index is 252. The van der Waals surface area contributed by atoms with Gasteiger partial charge in [0.25, 0.3) is 0 Å². The highest BCUT2D eigenvalue weighted by atomic mass is 16.5. The van der Waals surface area contributed by atoms with Gasteiger partial charge in [0.1, 0.15) is 0 Å². The zero-order chi connectivity index (χ0) is 12.4. The third-order valence-electron chi connectivity index (χ3n) is 1.98. The van der Waals surface area contributed by atoms with Crippen LogP contribution >= 0.6 is 0 Å². The first-order valence-corrected chi connectivity index (χ1v) is 5.39. The molecule has 0 aliphatic heterocycles. The van der Waals surface area contributed by atoms with Crippen molar-refractivity contribution in [2.45, 2.75) is 13.8 Å². The van der Waals surface area contributed by atoms with Gasteiger partial charge in [0.05, 0.1) is 13.2 Å². The Labute approximate surface area is 96.4 Å². The van der Waals surface area contributed by atoms with Crippen LogP contribution in [0.1, 0.15) is 13.8 Å². The summed E-state index contributed by atoms with van der Waals surface area (Å²) in [5.74, 6) is -0.326. The summed E-state index contributed by atoms with van der Waals surface area (Å²) >= 11 is 0. The van der Waals surface area contributed by atoms with E-state index >= 15 is 0 Å². The topological polar surface area (TPSA) is 58.6 Å². The third kappa shape index (κ3) is 7.00. The number of carbonyl (C=O) groups excluding carboxylic acids is 2. The molecule has 1 N–H and O–H groups in total. The maximum absolute atomic E-state index is 11.3. The summed E-state index contributed by atoms with van der Waals surface area (Å²) in [6, 6.07) is 0. The molecule has 5 nitrogen and oxygen atoms in total. The van der Waals surface area contributed by atoms with Crippen LogP contribution in [-0.4, -0.2) is 50.1 Å². The molecule has 1 amide bonds. The number of rotatable bonds is 7. The fraction of sp³-hybridized carbons (Fsp3) is 0.636. The minimum atomic E-state index is -0.360. The molecule has 0 spiro atoms. The normalized spacial score (nSPS) is 10.4. The van der Waals surface area contributed by atoms with Crippen molar-refractivity contribution in [1.82, 2.24) is 10.2 Å². The van der Waals surface area contributed by atoms with Gasteiger partial charge in [0.15, 0.2) is 0 Å². The molecular formula is C11H20N2O3. The van der Waals surface area contributed by atoms with Crippen molar-refractivity contribution >= 4 is 11.9 Å². The van der Waals surface area contributed by atoms with E-state index in [0.717, 1.165) is 0 Å². The minimum Gasteiger partial charge on any atom is -0.463 e. The van der Waals surface area contributed by atoms with Crippen LogP contribution in [0.15, 0.2) is 12.2 Å². The molecule has 0 aromatic heterocycles. The Morgan fingerprint density at radius 2 is 2.06 bits per heavy atom. The number of esters is 1. The summed E-state index contributed by atoms with van der Waals surface area (Å²) in [6.45, 7) is 5.48. The molecule has 0 atom stereocenters. The molecule has 16 heavy (non-hydrogen) atoms. The molecule has 0 bridgehead atoms. The summed E-state index contributed by atoms with van der Waals surface area (Å²) in [6.07, 6.45) is 2.99. The van der Waals surface area contributed by atoms with Crippen molar-refractivity contribution in [2.24, 2.45) is 0 Å². The number of carbonyl (C=O) groups is 2. The van der Waals surface area contributed by atoms with Crippen LogP contribution in [0, 0.1) is 0 Å². The Morgan fingerprint density at radius 1 is 1.38 bits per heavy atom. The number of amides is 1. The van der Waals surface area contributed by atoms with E-state index in [9.17, 15) is 9.59 Å². The first-order valence-electron chi connectivity index (χ1n) is 5.39. The van der Waals surface area contributed by atoms with Crippen molar-refractivity contribution in [3.05, 3.63) is 12.2 Å². The van der Waals surface area contributed by atoms with Gasteiger partial charge in [-0.15, -0.1) is 0 Å². The second-order valence-electron chi connectivity index (χ2n) is 3.19. The van der Waals surface area contributed by atoms with E-state index in [2.05, 4.69) is 5.32 Å². The molecule has 5 heteroatoms. The monoisotopic (exact) mass is 228 g/mol. The number of nitrogens with zero attached hydrogens (tertiary/aromatic N) is 1. The summed E-state index contributed by atoms with van der Waals surface area (Å²) < 4.78 is 4.70. The third-order valence-corrected chi connectivity index (χ3v) is 1.98. The van der Waals surface area contributed by atoms with E-state index in [4.69, 9.17) is 4.74 Å². The number of ether oxygens (including phenoxy) is 1. The summed E-state index contributed by atoms with van der Waals surface area (Å²) in [5, 5.41) is 2.91. The molecule has 0 aromatic rings. The van der Waals surface area contributed by atoms with Gasteiger partial charge in [-0.1, -0.05) is 6.08 Å².